The number of para-hydroxylation sites is 1. The first-order chi connectivity index (χ1) is 15.7. The van der Waals surface area contributed by atoms with E-state index in [1.54, 1.807) is 12.5 Å². The molecule has 0 spiro atoms. The van der Waals surface area contributed by atoms with Gasteiger partial charge in [0.25, 0.3) is 0 Å². The van der Waals surface area contributed by atoms with Gasteiger partial charge in [-0.05, 0) is 25.1 Å². The van der Waals surface area contributed by atoms with Gasteiger partial charge in [0.15, 0.2) is 0 Å². The van der Waals surface area contributed by atoms with E-state index >= 15 is 0 Å². The monoisotopic (exact) mass is 429 g/mol. The molecule has 9 heteroatoms. The van der Waals surface area contributed by atoms with Crippen LogP contribution in [-0.2, 0) is 4.74 Å². The molecule has 0 amide bonds. The van der Waals surface area contributed by atoms with Crippen molar-refractivity contribution in [2.24, 2.45) is 5.10 Å². The summed E-state index contributed by atoms with van der Waals surface area (Å²) < 4.78 is 11.0. The van der Waals surface area contributed by atoms with Crippen LogP contribution in [0.1, 0.15) is 11.1 Å². The molecule has 2 aromatic carbocycles. The Balaban J connectivity index is 1.40. The number of nitrogens with zero attached hydrogens (tertiary/aromatic N) is 5. The predicted octanol–water partition coefficient (Wildman–Crippen LogP) is 3.95. The Kier molecular flexibility index (Phi) is 5.63. The summed E-state index contributed by atoms with van der Waals surface area (Å²) >= 11 is 0. The summed E-state index contributed by atoms with van der Waals surface area (Å²) in [7, 11) is 0. The lowest BCUT2D eigenvalue weighted by molar-refractivity contribution is 0.122. The minimum atomic E-state index is 0.347. The molecule has 3 heterocycles. The van der Waals surface area contributed by atoms with E-state index in [-0.39, 0.29) is 0 Å². The molecule has 1 fully saturated rings. The van der Waals surface area contributed by atoms with Crippen molar-refractivity contribution in [2.45, 2.75) is 6.92 Å². The van der Waals surface area contributed by atoms with Gasteiger partial charge in [0.05, 0.1) is 19.4 Å². The molecule has 0 saturated carbocycles. The Bertz CT molecular complexity index is 1230. The van der Waals surface area contributed by atoms with E-state index in [2.05, 4.69) is 35.7 Å². The second kappa shape index (κ2) is 9.03. The largest absolute Gasteiger partial charge is 0.464 e. The molecule has 162 valence electrons. The molecule has 0 bridgehead atoms. The van der Waals surface area contributed by atoms with Crippen LogP contribution in [0.2, 0.25) is 0 Å². The van der Waals surface area contributed by atoms with Gasteiger partial charge in [-0.3, -0.25) is 0 Å². The lowest BCUT2D eigenvalue weighted by Crippen LogP contribution is -2.37. The van der Waals surface area contributed by atoms with Gasteiger partial charge < -0.3 is 19.4 Å². The number of aromatic nitrogens is 3. The topological polar surface area (TPSA) is 101 Å². The number of fused-ring (bicyclic) bond motifs is 1. The lowest BCUT2D eigenvalue weighted by Gasteiger charge is -2.27. The molecular weight excluding hydrogens is 406 g/mol. The normalized spacial score (nSPS) is 14.2. The fourth-order valence-electron chi connectivity index (χ4n) is 3.40. The molecular formula is C23H23N7O2. The first kappa shape index (κ1) is 20.0. The minimum absolute atomic E-state index is 0.347. The van der Waals surface area contributed by atoms with E-state index in [4.69, 9.17) is 9.15 Å². The molecule has 2 aromatic heterocycles. The highest BCUT2D eigenvalue weighted by Crippen LogP contribution is 2.20. The van der Waals surface area contributed by atoms with Crippen LogP contribution in [0, 0.1) is 6.92 Å². The standard InChI is InChI=1S/C23H23N7O2/c1-16-6-8-18(9-7-16)25-21-26-22(28-23(27-21)30-10-12-31-13-11-30)29-24-14-17-15-32-20-5-3-2-4-19(17)20/h2-9,14-15H,10-13H2,1H3,(H2,25,26,27,28,29)/b24-14-. The molecule has 0 aliphatic carbocycles. The maximum atomic E-state index is 5.56. The van der Waals surface area contributed by atoms with Crippen molar-refractivity contribution in [3.63, 3.8) is 0 Å². The van der Waals surface area contributed by atoms with Crippen molar-refractivity contribution >= 4 is 40.7 Å². The zero-order chi connectivity index (χ0) is 21.8. The van der Waals surface area contributed by atoms with Crippen molar-refractivity contribution in [3.8, 4) is 0 Å². The number of nitrogens with one attached hydrogen (secondary N) is 2. The van der Waals surface area contributed by atoms with E-state index < -0.39 is 0 Å². The Morgan fingerprint density at radius 1 is 0.969 bits per heavy atom. The van der Waals surface area contributed by atoms with Gasteiger partial charge in [0.2, 0.25) is 17.8 Å². The molecule has 0 atom stereocenters. The van der Waals surface area contributed by atoms with Crippen LogP contribution < -0.4 is 15.6 Å². The van der Waals surface area contributed by atoms with Gasteiger partial charge in [-0.2, -0.15) is 20.1 Å². The van der Waals surface area contributed by atoms with Crippen LogP contribution in [0.5, 0.6) is 0 Å². The van der Waals surface area contributed by atoms with Gasteiger partial charge in [-0.15, -0.1) is 0 Å². The average molecular weight is 429 g/mol. The van der Waals surface area contributed by atoms with Crippen LogP contribution in [0.4, 0.5) is 23.5 Å². The zero-order valence-electron chi connectivity index (χ0n) is 17.7. The number of benzene rings is 2. The van der Waals surface area contributed by atoms with Gasteiger partial charge >= 0.3 is 0 Å². The van der Waals surface area contributed by atoms with Crippen molar-refractivity contribution < 1.29 is 9.15 Å². The van der Waals surface area contributed by atoms with E-state index in [0.29, 0.717) is 31.1 Å². The first-order valence-corrected chi connectivity index (χ1v) is 10.4. The maximum absolute atomic E-state index is 5.56. The highest BCUT2D eigenvalue weighted by atomic mass is 16.5. The first-order valence-electron chi connectivity index (χ1n) is 10.4. The lowest BCUT2D eigenvalue weighted by atomic mass is 10.2. The molecule has 0 unspecified atom stereocenters. The number of furan rings is 1. The molecule has 2 N–H and O–H groups in total. The third-order valence-electron chi connectivity index (χ3n) is 5.10. The summed E-state index contributed by atoms with van der Waals surface area (Å²) in [5, 5.41) is 8.56. The SMILES string of the molecule is Cc1ccc(Nc2nc(N/N=C\c3coc4ccccc34)nc(N3CCOCC3)n2)cc1. The summed E-state index contributed by atoms with van der Waals surface area (Å²) in [5.74, 6) is 1.36. The third kappa shape index (κ3) is 4.52. The summed E-state index contributed by atoms with van der Waals surface area (Å²) in [6.45, 7) is 4.77. The second-order valence-corrected chi connectivity index (χ2v) is 7.43. The van der Waals surface area contributed by atoms with Crippen LogP contribution >= 0.6 is 0 Å². The van der Waals surface area contributed by atoms with Crippen molar-refractivity contribution in [1.82, 2.24) is 15.0 Å². The minimum Gasteiger partial charge on any atom is -0.464 e. The third-order valence-corrected chi connectivity index (χ3v) is 5.10. The molecule has 1 aliphatic heterocycles. The van der Waals surface area contributed by atoms with Gasteiger partial charge in [0.1, 0.15) is 11.8 Å². The number of morpholine rings is 1. The summed E-state index contributed by atoms with van der Waals surface area (Å²) in [6, 6.07) is 15.9. The fraction of sp³-hybridized carbons (Fsp3) is 0.217. The molecule has 9 nitrogen and oxygen atoms in total. The van der Waals surface area contributed by atoms with Crippen molar-refractivity contribution in [1.29, 1.82) is 0 Å². The number of hydrazone groups is 1. The van der Waals surface area contributed by atoms with Crippen LogP contribution in [0.15, 0.2) is 64.3 Å². The maximum Gasteiger partial charge on any atom is 0.250 e. The van der Waals surface area contributed by atoms with Crippen LogP contribution in [0.3, 0.4) is 0 Å². The summed E-state index contributed by atoms with van der Waals surface area (Å²) in [5.41, 5.74) is 6.69. The highest BCUT2D eigenvalue weighted by molar-refractivity contribution is 5.97. The van der Waals surface area contributed by atoms with E-state index in [9.17, 15) is 0 Å². The van der Waals surface area contributed by atoms with E-state index in [0.717, 1.165) is 35.3 Å². The van der Waals surface area contributed by atoms with E-state index in [1.807, 2.05) is 55.5 Å². The highest BCUT2D eigenvalue weighted by Gasteiger charge is 2.16. The smallest absolute Gasteiger partial charge is 0.250 e. The number of aryl methyl sites for hydroxylation is 1. The molecule has 1 saturated heterocycles. The number of ether oxygens (including phenoxy) is 1. The molecule has 1 aliphatic rings. The Morgan fingerprint density at radius 2 is 1.75 bits per heavy atom. The Labute approximate surface area is 185 Å². The fourth-order valence-corrected chi connectivity index (χ4v) is 3.40. The van der Waals surface area contributed by atoms with E-state index in [1.165, 1.54) is 5.56 Å². The number of anilines is 4. The zero-order valence-corrected chi connectivity index (χ0v) is 17.7. The Hall–Kier alpha value is -3.98. The summed E-state index contributed by atoms with van der Waals surface area (Å²) in [4.78, 5) is 15.7. The van der Waals surface area contributed by atoms with Gasteiger partial charge in [-0.1, -0.05) is 35.9 Å². The quantitative estimate of drug-likeness (QED) is 0.351. The number of rotatable bonds is 6. The average Bonchev–Trinajstić information content (AvgIpc) is 3.24. The molecule has 0 radical (unpaired) electrons. The summed E-state index contributed by atoms with van der Waals surface area (Å²) in [6.07, 6.45) is 3.36. The van der Waals surface area contributed by atoms with Crippen molar-refractivity contribution in [2.75, 3.05) is 41.9 Å². The van der Waals surface area contributed by atoms with Crippen molar-refractivity contribution in [3.05, 3.63) is 65.9 Å². The molecule has 32 heavy (non-hydrogen) atoms. The van der Waals surface area contributed by atoms with Gasteiger partial charge in [-0.25, -0.2) is 5.43 Å². The number of hydrogen-bond donors (Lipinski definition) is 2. The van der Waals surface area contributed by atoms with Crippen LogP contribution in [0.25, 0.3) is 11.0 Å². The van der Waals surface area contributed by atoms with Gasteiger partial charge in [0, 0.05) is 29.7 Å². The number of hydrogen-bond acceptors (Lipinski definition) is 9. The predicted molar refractivity (Wildman–Crippen MR) is 125 cm³/mol. The van der Waals surface area contributed by atoms with Crippen LogP contribution in [-0.4, -0.2) is 47.5 Å². The molecule has 4 aromatic rings. The Morgan fingerprint density at radius 3 is 2.59 bits per heavy atom. The second-order valence-electron chi connectivity index (χ2n) is 7.43. The molecule has 5 rings (SSSR count).